The smallest absolute Gasteiger partial charge is 0.273 e. The van der Waals surface area contributed by atoms with E-state index in [2.05, 4.69) is 5.32 Å². The van der Waals surface area contributed by atoms with Gasteiger partial charge in [0.1, 0.15) is 5.82 Å². The molecule has 8 heteroatoms. The van der Waals surface area contributed by atoms with Crippen LogP contribution >= 0.6 is 12.4 Å². The van der Waals surface area contributed by atoms with Gasteiger partial charge in [0.25, 0.3) is 11.6 Å². The molecule has 6 nitrogen and oxygen atoms in total. The van der Waals surface area contributed by atoms with Crippen LogP contribution in [0.1, 0.15) is 23.2 Å². The van der Waals surface area contributed by atoms with E-state index in [1.54, 1.807) is 11.9 Å². The van der Waals surface area contributed by atoms with Crippen LogP contribution in [0.25, 0.3) is 0 Å². The third kappa shape index (κ3) is 4.12. The molecule has 1 aliphatic heterocycles. The number of hydrogen-bond acceptors (Lipinski definition) is 4. The van der Waals surface area contributed by atoms with Crippen molar-refractivity contribution in [2.75, 3.05) is 20.1 Å². The van der Waals surface area contributed by atoms with Crippen molar-refractivity contribution in [3.05, 3.63) is 39.7 Å². The predicted molar refractivity (Wildman–Crippen MR) is 78.3 cm³/mol. The number of rotatable bonds is 3. The van der Waals surface area contributed by atoms with Gasteiger partial charge in [-0.2, -0.15) is 0 Å². The predicted octanol–water partition coefficient (Wildman–Crippen LogP) is 1.98. The van der Waals surface area contributed by atoms with Gasteiger partial charge in [0.05, 0.1) is 11.0 Å². The maximum absolute atomic E-state index is 13.4. The molecular formula is C13H17ClFN3O3. The SMILES string of the molecule is CN(C(=O)c1cc(F)cc([N+](=O)[O-])c1)C1CCNCC1.Cl. The average Bonchev–Trinajstić information content (AvgIpc) is 2.46. The highest BCUT2D eigenvalue weighted by atomic mass is 35.5. The van der Waals surface area contributed by atoms with Crippen LogP contribution < -0.4 is 5.32 Å². The Morgan fingerprint density at radius 3 is 2.57 bits per heavy atom. The van der Waals surface area contributed by atoms with Crippen molar-refractivity contribution in [1.82, 2.24) is 10.2 Å². The number of amides is 1. The zero-order chi connectivity index (χ0) is 14.7. The van der Waals surface area contributed by atoms with Crippen LogP contribution in [0.3, 0.4) is 0 Å². The highest BCUT2D eigenvalue weighted by Crippen LogP contribution is 2.19. The molecule has 1 fully saturated rings. The van der Waals surface area contributed by atoms with Gasteiger partial charge in [0, 0.05) is 24.7 Å². The van der Waals surface area contributed by atoms with Crippen molar-refractivity contribution >= 4 is 24.0 Å². The standard InChI is InChI=1S/C13H16FN3O3.ClH/c1-16(11-2-4-15-5-3-11)13(18)9-6-10(14)8-12(7-9)17(19)20;/h6-8,11,15H,2-5H2,1H3;1H. The summed E-state index contributed by atoms with van der Waals surface area (Å²) in [6, 6.07) is 3.03. The third-order valence-electron chi connectivity index (χ3n) is 3.52. The van der Waals surface area contributed by atoms with E-state index in [-0.39, 0.29) is 29.9 Å². The van der Waals surface area contributed by atoms with Gasteiger partial charge in [-0.05, 0) is 32.0 Å². The topological polar surface area (TPSA) is 75.5 Å². The summed E-state index contributed by atoms with van der Waals surface area (Å²) in [5.74, 6) is -1.17. The molecule has 1 aliphatic rings. The molecule has 0 radical (unpaired) electrons. The molecule has 2 rings (SSSR count). The van der Waals surface area contributed by atoms with E-state index >= 15 is 0 Å². The average molecular weight is 318 g/mol. The largest absolute Gasteiger partial charge is 0.339 e. The molecule has 1 N–H and O–H groups in total. The number of piperidine rings is 1. The lowest BCUT2D eigenvalue weighted by Gasteiger charge is -2.31. The molecule has 0 aromatic heterocycles. The van der Waals surface area contributed by atoms with Crippen LogP contribution in [-0.4, -0.2) is 41.9 Å². The molecule has 0 atom stereocenters. The molecule has 116 valence electrons. The van der Waals surface area contributed by atoms with Crippen LogP contribution in [0.4, 0.5) is 10.1 Å². The summed E-state index contributed by atoms with van der Waals surface area (Å²) in [5, 5.41) is 13.9. The van der Waals surface area contributed by atoms with Crippen LogP contribution in [-0.2, 0) is 0 Å². The number of nitrogens with zero attached hydrogens (tertiary/aromatic N) is 2. The summed E-state index contributed by atoms with van der Waals surface area (Å²) in [6.45, 7) is 1.65. The van der Waals surface area contributed by atoms with Crippen LogP contribution in [0.5, 0.6) is 0 Å². The summed E-state index contributed by atoms with van der Waals surface area (Å²) < 4.78 is 13.4. The molecule has 0 bridgehead atoms. The highest BCUT2D eigenvalue weighted by molar-refractivity contribution is 5.94. The summed E-state index contributed by atoms with van der Waals surface area (Å²) in [5.41, 5.74) is -0.398. The van der Waals surface area contributed by atoms with E-state index < -0.39 is 16.4 Å². The monoisotopic (exact) mass is 317 g/mol. The van der Waals surface area contributed by atoms with Crippen LogP contribution in [0.2, 0.25) is 0 Å². The van der Waals surface area contributed by atoms with Crippen LogP contribution in [0.15, 0.2) is 18.2 Å². The number of nitro benzene ring substituents is 1. The second kappa shape index (κ2) is 7.33. The molecular weight excluding hydrogens is 301 g/mol. The molecule has 0 saturated carbocycles. The number of carbonyl (C=O) groups excluding carboxylic acids is 1. The fourth-order valence-electron chi connectivity index (χ4n) is 2.37. The molecule has 1 saturated heterocycles. The number of benzene rings is 1. The van der Waals surface area contributed by atoms with Crippen molar-refractivity contribution in [2.24, 2.45) is 0 Å². The Morgan fingerprint density at radius 2 is 2.00 bits per heavy atom. The maximum Gasteiger partial charge on any atom is 0.273 e. The van der Waals surface area contributed by atoms with Crippen molar-refractivity contribution in [3.63, 3.8) is 0 Å². The molecule has 1 aromatic carbocycles. The minimum absolute atomic E-state index is 0. The zero-order valence-electron chi connectivity index (χ0n) is 11.5. The lowest BCUT2D eigenvalue weighted by atomic mass is 10.0. The minimum Gasteiger partial charge on any atom is -0.339 e. The number of non-ortho nitro benzene ring substituents is 1. The summed E-state index contributed by atoms with van der Waals surface area (Å²) in [7, 11) is 1.65. The normalized spacial score (nSPS) is 15.1. The van der Waals surface area contributed by atoms with Crippen molar-refractivity contribution in [3.8, 4) is 0 Å². The Labute approximate surface area is 127 Å². The summed E-state index contributed by atoms with van der Waals surface area (Å²) in [4.78, 5) is 23.8. The first-order valence-electron chi connectivity index (χ1n) is 6.42. The van der Waals surface area contributed by atoms with Gasteiger partial charge >= 0.3 is 0 Å². The fraction of sp³-hybridized carbons (Fsp3) is 0.462. The van der Waals surface area contributed by atoms with Gasteiger partial charge < -0.3 is 10.2 Å². The molecule has 1 aromatic rings. The number of nitro groups is 1. The lowest BCUT2D eigenvalue weighted by Crippen LogP contribution is -2.44. The van der Waals surface area contributed by atoms with Crippen molar-refractivity contribution < 1.29 is 14.1 Å². The summed E-state index contributed by atoms with van der Waals surface area (Å²) in [6.07, 6.45) is 1.64. The maximum atomic E-state index is 13.4. The van der Waals surface area contributed by atoms with Gasteiger partial charge in [-0.25, -0.2) is 4.39 Å². The van der Waals surface area contributed by atoms with Crippen molar-refractivity contribution in [1.29, 1.82) is 0 Å². The number of hydrogen-bond donors (Lipinski definition) is 1. The van der Waals surface area contributed by atoms with Gasteiger partial charge in [-0.1, -0.05) is 0 Å². The fourth-order valence-corrected chi connectivity index (χ4v) is 2.37. The molecule has 0 unspecified atom stereocenters. The molecule has 1 amide bonds. The van der Waals surface area contributed by atoms with Gasteiger partial charge in [-0.15, -0.1) is 12.4 Å². The second-order valence-corrected chi connectivity index (χ2v) is 4.85. The van der Waals surface area contributed by atoms with Crippen molar-refractivity contribution in [2.45, 2.75) is 18.9 Å². The third-order valence-corrected chi connectivity index (χ3v) is 3.52. The highest BCUT2D eigenvalue weighted by Gasteiger charge is 2.24. The molecule has 1 heterocycles. The first-order valence-corrected chi connectivity index (χ1v) is 6.42. The first kappa shape index (κ1) is 17.3. The second-order valence-electron chi connectivity index (χ2n) is 4.85. The molecule has 0 aliphatic carbocycles. The number of nitrogens with one attached hydrogen (secondary N) is 1. The van der Waals surface area contributed by atoms with E-state index in [1.165, 1.54) is 0 Å². The van der Waals surface area contributed by atoms with E-state index in [1.807, 2.05) is 0 Å². The van der Waals surface area contributed by atoms with Gasteiger partial charge in [-0.3, -0.25) is 14.9 Å². The molecule has 0 spiro atoms. The quantitative estimate of drug-likeness (QED) is 0.683. The van der Waals surface area contributed by atoms with Gasteiger partial charge in [0.15, 0.2) is 0 Å². The number of carbonyl (C=O) groups is 1. The van der Waals surface area contributed by atoms with E-state index in [9.17, 15) is 19.3 Å². The Kier molecular flexibility index (Phi) is 6.04. The summed E-state index contributed by atoms with van der Waals surface area (Å²) >= 11 is 0. The van der Waals surface area contributed by atoms with E-state index in [0.29, 0.717) is 0 Å². The molecule has 21 heavy (non-hydrogen) atoms. The van der Waals surface area contributed by atoms with Crippen LogP contribution in [0, 0.1) is 15.9 Å². The Hall–Kier alpha value is -1.73. The number of halogens is 2. The Morgan fingerprint density at radius 1 is 1.38 bits per heavy atom. The zero-order valence-corrected chi connectivity index (χ0v) is 12.4. The first-order chi connectivity index (χ1) is 9.49. The lowest BCUT2D eigenvalue weighted by molar-refractivity contribution is -0.385. The Bertz CT molecular complexity index is 535. The van der Waals surface area contributed by atoms with Gasteiger partial charge in [0.2, 0.25) is 0 Å². The minimum atomic E-state index is -0.777. The van der Waals surface area contributed by atoms with E-state index in [0.717, 1.165) is 44.1 Å². The Balaban J connectivity index is 0.00000220. The van der Waals surface area contributed by atoms with E-state index in [4.69, 9.17) is 0 Å².